The summed E-state index contributed by atoms with van der Waals surface area (Å²) in [6.07, 6.45) is 4.69. The molecule has 0 saturated heterocycles. The van der Waals surface area contributed by atoms with Gasteiger partial charge in [-0.15, -0.1) is 0 Å². The van der Waals surface area contributed by atoms with Gasteiger partial charge in [0, 0.05) is 18.9 Å². The Kier molecular flexibility index (Phi) is 3.32. The highest BCUT2D eigenvalue weighted by Crippen LogP contribution is 2.02. The summed E-state index contributed by atoms with van der Waals surface area (Å²) in [6.45, 7) is 5.42. The molecule has 2 rings (SSSR count). The smallest absolute Gasteiger partial charge is 0.292 e. The molecule has 6 nitrogen and oxygen atoms in total. The Labute approximate surface area is 99.0 Å². The molecule has 0 N–H and O–H groups in total. The van der Waals surface area contributed by atoms with Crippen molar-refractivity contribution in [3.8, 4) is 0 Å². The summed E-state index contributed by atoms with van der Waals surface area (Å²) in [5.41, 5.74) is -0.272. The van der Waals surface area contributed by atoms with E-state index in [4.69, 9.17) is 0 Å². The van der Waals surface area contributed by atoms with E-state index >= 15 is 0 Å². The second kappa shape index (κ2) is 4.90. The molecule has 0 aliphatic rings. The SMILES string of the molecule is CC(C)Cn1ncnc1Cn1cccnc1=O. The molecule has 90 valence electrons. The largest absolute Gasteiger partial charge is 0.347 e. The van der Waals surface area contributed by atoms with E-state index in [0.29, 0.717) is 12.5 Å². The number of rotatable bonds is 4. The summed E-state index contributed by atoms with van der Waals surface area (Å²) in [5.74, 6) is 1.26. The predicted octanol–water partition coefficient (Wildman–Crippen LogP) is 0.539. The van der Waals surface area contributed by atoms with Crippen LogP contribution >= 0.6 is 0 Å². The maximum Gasteiger partial charge on any atom is 0.347 e. The monoisotopic (exact) mass is 233 g/mol. The first kappa shape index (κ1) is 11.5. The third-order valence-electron chi connectivity index (χ3n) is 2.33. The van der Waals surface area contributed by atoms with Crippen LogP contribution in [0, 0.1) is 5.92 Å². The number of aromatic nitrogens is 5. The minimum Gasteiger partial charge on any atom is -0.292 e. The van der Waals surface area contributed by atoms with Crippen molar-refractivity contribution in [2.45, 2.75) is 26.9 Å². The van der Waals surface area contributed by atoms with Gasteiger partial charge in [-0.3, -0.25) is 4.57 Å². The van der Waals surface area contributed by atoms with Crippen molar-refractivity contribution < 1.29 is 0 Å². The van der Waals surface area contributed by atoms with Crippen molar-refractivity contribution in [1.82, 2.24) is 24.3 Å². The van der Waals surface area contributed by atoms with Crippen molar-refractivity contribution in [3.05, 3.63) is 41.1 Å². The Hall–Kier alpha value is -1.98. The van der Waals surface area contributed by atoms with Crippen LogP contribution in [0.2, 0.25) is 0 Å². The minimum atomic E-state index is -0.272. The van der Waals surface area contributed by atoms with Crippen LogP contribution in [-0.2, 0) is 13.1 Å². The molecule has 0 amide bonds. The normalized spacial score (nSPS) is 11.0. The molecule has 0 atom stereocenters. The Bertz CT molecular complexity index is 543. The van der Waals surface area contributed by atoms with Crippen LogP contribution in [-0.4, -0.2) is 24.3 Å². The second-order valence-corrected chi connectivity index (χ2v) is 4.28. The van der Waals surface area contributed by atoms with Crippen molar-refractivity contribution in [1.29, 1.82) is 0 Å². The first-order chi connectivity index (χ1) is 8.16. The molecular weight excluding hydrogens is 218 g/mol. The summed E-state index contributed by atoms with van der Waals surface area (Å²) in [7, 11) is 0. The lowest BCUT2D eigenvalue weighted by Crippen LogP contribution is -2.24. The zero-order valence-electron chi connectivity index (χ0n) is 9.95. The van der Waals surface area contributed by atoms with Crippen molar-refractivity contribution in [2.24, 2.45) is 5.92 Å². The van der Waals surface area contributed by atoms with Gasteiger partial charge in [0.2, 0.25) is 0 Å². The van der Waals surface area contributed by atoms with E-state index in [1.54, 1.807) is 12.3 Å². The summed E-state index contributed by atoms with van der Waals surface area (Å²) in [5, 5.41) is 4.15. The standard InChI is InChI=1S/C11H15N5O/c1-9(2)6-16-10(13-8-14-16)7-15-5-3-4-12-11(15)17/h3-5,8-9H,6-7H2,1-2H3. The minimum absolute atomic E-state index is 0.272. The van der Waals surface area contributed by atoms with Gasteiger partial charge < -0.3 is 0 Å². The molecule has 6 heteroatoms. The lowest BCUT2D eigenvalue weighted by Gasteiger charge is -2.09. The second-order valence-electron chi connectivity index (χ2n) is 4.28. The molecule has 0 unspecified atom stereocenters. The first-order valence-corrected chi connectivity index (χ1v) is 5.55. The van der Waals surface area contributed by atoms with Gasteiger partial charge in [0.1, 0.15) is 12.2 Å². The van der Waals surface area contributed by atoms with Crippen molar-refractivity contribution >= 4 is 0 Å². The molecule has 2 aromatic rings. The molecule has 0 spiro atoms. The first-order valence-electron chi connectivity index (χ1n) is 5.55. The van der Waals surface area contributed by atoms with Gasteiger partial charge in [0.05, 0.1) is 6.54 Å². The Morgan fingerprint density at radius 1 is 1.35 bits per heavy atom. The topological polar surface area (TPSA) is 65.6 Å². The van der Waals surface area contributed by atoms with Crippen LogP contribution in [0.15, 0.2) is 29.6 Å². The quantitative estimate of drug-likeness (QED) is 0.773. The highest BCUT2D eigenvalue weighted by atomic mass is 16.1. The van der Waals surface area contributed by atoms with E-state index in [0.717, 1.165) is 12.4 Å². The van der Waals surface area contributed by atoms with Gasteiger partial charge in [0.25, 0.3) is 0 Å². The maximum absolute atomic E-state index is 11.5. The van der Waals surface area contributed by atoms with Gasteiger partial charge in [0.15, 0.2) is 0 Å². The maximum atomic E-state index is 11.5. The van der Waals surface area contributed by atoms with Crippen LogP contribution in [0.5, 0.6) is 0 Å². The molecule has 0 radical (unpaired) electrons. The van der Waals surface area contributed by atoms with E-state index in [1.165, 1.54) is 17.1 Å². The Morgan fingerprint density at radius 3 is 2.88 bits per heavy atom. The average Bonchev–Trinajstić information content (AvgIpc) is 2.68. The van der Waals surface area contributed by atoms with E-state index in [9.17, 15) is 4.79 Å². The summed E-state index contributed by atoms with van der Waals surface area (Å²) < 4.78 is 3.34. The van der Waals surface area contributed by atoms with E-state index < -0.39 is 0 Å². The zero-order chi connectivity index (χ0) is 12.3. The molecule has 2 heterocycles. The van der Waals surface area contributed by atoms with E-state index in [1.807, 2.05) is 4.68 Å². The molecule has 0 aromatic carbocycles. The summed E-state index contributed by atoms with van der Waals surface area (Å²) in [4.78, 5) is 19.3. The zero-order valence-corrected chi connectivity index (χ0v) is 9.95. The van der Waals surface area contributed by atoms with Crippen LogP contribution in [0.3, 0.4) is 0 Å². The van der Waals surface area contributed by atoms with Gasteiger partial charge in [-0.05, 0) is 12.0 Å². The third kappa shape index (κ3) is 2.77. The predicted molar refractivity (Wildman–Crippen MR) is 62.5 cm³/mol. The third-order valence-corrected chi connectivity index (χ3v) is 2.33. The van der Waals surface area contributed by atoms with E-state index in [-0.39, 0.29) is 5.69 Å². The van der Waals surface area contributed by atoms with Crippen molar-refractivity contribution in [3.63, 3.8) is 0 Å². The highest BCUT2D eigenvalue weighted by molar-refractivity contribution is 4.90. The lowest BCUT2D eigenvalue weighted by atomic mass is 10.2. The molecule has 0 fully saturated rings. The van der Waals surface area contributed by atoms with Crippen molar-refractivity contribution in [2.75, 3.05) is 0 Å². The number of hydrogen-bond donors (Lipinski definition) is 0. The number of hydrogen-bond acceptors (Lipinski definition) is 4. The van der Waals surface area contributed by atoms with Crippen LogP contribution < -0.4 is 5.69 Å². The summed E-state index contributed by atoms with van der Waals surface area (Å²) in [6, 6.07) is 1.73. The molecule has 0 saturated carbocycles. The Morgan fingerprint density at radius 2 is 2.18 bits per heavy atom. The van der Waals surface area contributed by atoms with Gasteiger partial charge >= 0.3 is 5.69 Å². The molecule has 0 aliphatic heterocycles. The molecular formula is C11H15N5O. The van der Waals surface area contributed by atoms with E-state index in [2.05, 4.69) is 28.9 Å². The molecule has 0 aliphatic carbocycles. The molecule has 17 heavy (non-hydrogen) atoms. The fourth-order valence-electron chi connectivity index (χ4n) is 1.57. The number of nitrogens with zero attached hydrogens (tertiary/aromatic N) is 5. The van der Waals surface area contributed by atoms with Crippen LogP contribution in [0.1, 0.15) is 19.7 Å². The molecule has 0 bridgehead atoms. The molecule has 2 aromatic heterocycles. The summed E-state index contributed by atoms with van der Waals surface area (Å²) >= 11 is 0. The van der Waals surface area contributed by atoms with Gasteiger partial charge in [-0.1, -0.05) is 13.8 Å². The Balaban J connectivity index is 2.22. The fraction of sp³-hybridized carbons (Fsp3) is 0.455. The lowest BCUT2D eigenvalue weighted by molar-refractivity contribution is 0.459. The van der Waals surface area contributed by atoms with Gasteiger partial charge in [-0.2, -0.15) is 5.10 Å². The fourth-order valence-corrected chi connectivity index (χ4v) is 1.57. The van der Waals surface area contributed by atoms with Crippen LogP contribution in [0.4, 0.5) is 0 Å². The van der Waals surface area contributed by atoms with Gasteiger partial charge in [-0.25, -0.2) is 19.4 Å². The average molecular weight is 233 g/mol. The van der Waals surface area contributed by atoms with Crippen LogP contribution in [0.25, 0.3) is 0 Å². The highest BCUT2D eigenvalue weighted by Gasteiger charge is 2.07.